The Morgan fingerprint density at radius 1 is 1.31 bits per heavy atom. The number of imidazole rings is 1. The topological polar surface area (TPSA) is 43.6 Å². The van der Waals surface area contributed by atoms with E-state index in [0.717, 1.165) is 24.5 Å². The summed E-state index contributed by atoms with van der Waals surface area (Å²) in [5.41, 5.74) is 0.910. The molecule has 0 radical (unpaired) electrons. The van der Waals surface area contributed by atoms with Gasteiger partial charge in [0.2, 0.25) is 0 Å². The maximum Gasteiger partial charge on any atom is 0.163 e. The first-order valence-electron chi connectivity index (χ1n) is 5.56. The van der Waals surface area contributed by atoms with Gasteiger partial charge in [-0.3, -0.25) is 0 Å². The summed E-state index contributed by atoms with van der Waals surface area (Å²) in [6, 6.07) is 0. The molecular formula is C11H15ClN4. The number of hydrogen-bond donors (Lipinski definition) is 0. The molecular weight excluding hydrogens is 224 g/mol. The zero-order valence-electron chi connectivity index (χ0n) is 9.26. The van der Waals surface area contributed by atoms with Gasteiger partial charge in [-0.15, -0.1) is 12.4 Å². The van der Waals surface area contributed by atoms with Gasteiger partial charge in [0, 0.05) is 12.5 Å². The molecule has 1 aliphatic carbocycles. The molecule has 0 aromatic carbocycles. The number of aromatic nitrogens is 4. The summed E-state index contributed by atoms with van der Waals surface area (Å²) in [7, 11) is 0. The Morgan fingerprint density at radius 2 is 2.12 bits per heavy atom. The van der Waals surface area contributed by atoms with Gasteiger partial charge in [-0.2, -0.15) is 0 Å². The normalized spacial score (nSPS) is 15.1. The Morgan fingerprint density at radius 3 is 2.81 bits per heavy atom. The van der Waals surface area contributed by atoms with Crippen molar-refractivity contribution in [3.8, 4) is 11.5 Å². The summed E-state index contributed by atoms with van der Waals surface area (Å²) in [5.74, 6) is 2.86. The van der Waals surface area contributed by atoms with Crippen LogP contribution < -0.4 is 0 Å². The van der Waals surface area contributed by atoms with Crippen LogP contribution in [0.4, 0.5) is 0 Å². The van der Waals surface area contributed by atoms with E-state index in [2.05, 4.69) is 26.4 Å². The third-order valence-corrected chi connectivity index (χ3v) is 2.85. The summed E-state index contributed by atoms with van der Waals surface area (Å²) >= 11 is 0. The molecule has 86 valence electrons. The number of hydrogen-bond acceptors (Lipinski definition) is 3. The van der Waals surface area contributed by atoms with Gasteiger partial charge in [0.15, 0.2) is 5.82 Å². The largest absolute Gasteiger partial charge is 0.312 e. The van der Waals surface area contributed by atoms with Gasteiger partial charge in [0.1, 0.15) is 17.8 Å². The molecule has 0 N–H and O–H groups in total. The first kappa shape index (κ1) is 11.3. The maximum absolute atomic E-state index is 4.52. The van der Waals surface area contributed by atoms with Crippen LogP contribution in [-0.2, 0) is 6.54 Å². The van der Waals surface area contributed by atoms with Crippen LogP contribution in [-0.4, -0.2) is 19.5 Å². The minimum absolute atomic E-state index is 0. The highest BCUT2D eigenvalue weighted by atomic mass is 35.5. The first-order chi connectivity index (χ1) is 7.40. The van der Waals surface area contributed by atoms with Gasteiger partial charge in [0.25, 0.3) is 0 Å². The lowest BCUT2D eigenvalue weighted by atomic mass is 10.3. The van der Waals surface area contributed by atoms with E-state index in [1.54, 1.807) is 6.33 Å². The third-order valence-electron chi connectivity index (χ3n) is 2.85. The molecule has 2 heterocycles. The smallest absolute Gasteiger partial charge is 0.163 e. The molecule has 3 rings (SSSR count). The Labute approximate surface area is 101 Å². The van der Waals surface area contributed by atoms with Crippen LogP contribution in [0.15, 0.2) is 12.5 Å². The van der Waals surface area contributed by atoms with Gasteiger partial charge in [-0.1, -0.05) is 6.92 Å². The maximum atomic E-state index is 4.52. The van der Waals surface area contributed by atoms with Crippen molar-refractivity contribution in [3.63, 3.8) is 0 Å². The van der Waals surface area contributed by atoms with Gasteiger partial charge in [-0.05, 0) is 19.3 Å². The third kappa shape index (κ3) is 1.78. The van der Waals surface area contributed by atoms with Crippen LogP contribution in [0.5, 0.6) is 0 Å². The van der Waals surface area contributed by atoms with Crippen LogP contribution in [0.25, 0.3) is 11.5 Å². The van der Waals surface area contributed by atoms with Crippen LogP contribution >= 0.6 is 12.4 Å². The van der Waals surface area contributed by atoms with Gasteiger partial charge < -0.3 is 4.57 Å². The van der Waals surface area contributed by atoms with Gasteiger partial charge in [-0.25, -0.2) is 15.0 Å². The molecule has 0 spiro atoms. The molecule has 0 amide bonds. The van der Waals surface area contributed by atoms with Crippen LogP contribution in [0, 0.1) is 0 Å². The molecule has 0 atom stereocenters. The quantitative estimate of drug-likeness (QED) is 0.825. The summed E-state index contributed by atoms with van der Waals surface area (Å²) in [6.45, 7) is 3.17. The molecule has 1 fully saturated rings. The number of nitrogens with zero attached hydrogens (tertiary/aromatic N) is 4. The minimum atomic E-state index is 0. The van der Waals surface area contributed by atoms with Crippen molar-refractivity contribution in [2.75, 3.05) is 0 Å². The fraction of sp³-hybridized carbons (Fsp3) is 0.545. The van der Waals surface area contributed by atoms with E-state index in [1.165, 1.54) is 18.7 Å². The van der Waals surface area contributed by atoms with Crippen molar-refractivity contribution in [3.05, 3.63) is 18.3 Å². The number of halogens is 1. The average molecular weight is 239 g/mol. The Balaban J connectivity index is 0.000000963. The van der Waals surface area contributed by atoms with Crippen LogP contribution in [0.1, 0.15) is 37.9 Å². The zero-order valence-corrected chi connectivity index (χ0v) is 10.1. The van der Waals surface area contributed by atoms with Crippen molar-refractivity contribution in [2.24, 2.45) is 0 Å². The van der Waals surface area contributed by atoms with E-state index in [1.807, 2.05) is 6.20 Å². The zero-order chi connectivity index (χ0) is 10.3. The second kappa shape index (κ2) is 4.37. The fourth-order valence-corrected chi connectivity index (χ4v) is 1.99. The lowest BCUT2D eigenvalue weighted by molar-refractivity contribution is 0.616. The first-order valence-corrected chi connectivity index (χ1v) is 5.56. The molecule has 0 aromatic heterocycles. The monoisotopic (exact) mass is 238 g/mol. The minimum Gasteiger partial charge on any atom is -0.312 e. The van der Waals surface area contributed by atoms with E-state index in [4.69, 9.17) is 0 Å². The highest BCUT2D eigenvalue weighted by molar-refractivity contribution is 5.85. The predicted octanol–water partition coefficient (Wildman–Crippen LogP) is 2.49. The molecule has 16 heavy (non-hydrogen) atoms. The lowest BCUT2D eigenvalue weighted by Crippen LogP contribution is -2.11. The van der Waals surface area contributed by atoms with Crippen molar-refractivity contribution in [1.29, 1.82) is 0 Å². The predicted molar refractivity (Wildman–Crippen MR) is 64.0 cm³/mol. The van der Waals surface area contributed by atoms with Crippen molar-refractivity contribution < 1.29 is 0 Å². The molecule has 0 aromatic rings. The fourth-order valence-electron chi connectivity index (χ4n) is 1.99. The van der Waals surface area contributed by atoms with E-state index < -0.39 is 0 Å². The Hall–Kier alpha value is -1.16. The molecule has 0 saturated heterocycles. The number of fused-ring (bicyclic) bond motifs is 1. The Kier molecular flexibility index (Phi) is 3.10. The molecule has 5 heteroatoms. The van der Waals surface area contributed by atoms with E-state index in [9.17, 15) is 0 Å². The number of rotatable bonds is 3. The van der Waals surface area contributed by atoms with Gasteiger partial charge >= 0.3 is 0 Å². The van der Waals surface area contributed by atoms with Crippen LogP contribution in [0.2, 0.25) is 0 Å². The second-order valence-electron chi connectivity index (χ2n) is 4.12. The summed E-state index contributed by atoms with van der Waals surface area (Å²) in [5, 5.41) is 0. The average Bonchev–Trinajstić information content (AvgIpc) is 2.96. The Bertz CT molecular complexity index is 450. The van der Waals surface area contributed by atoms with E-state index in [0.29, 0.717) is 5.92 Å². The molecule has 2 aliphatic heterocycles. The summed E-state index contributed by atoms with van der Waals surface area (Å²) in [4.78, 5) is 13.0. The van der Waals surface area contributed by atoms with Crippen LogP contribution in [0.3, 0.4) is 0 Å². The highest BCUT2D eigenvalue weighted by Gasteiger charge is 2.29. The molecule has 0 unspecified atom stereocenters. The molecule has 1 saturated carbocycles. The van der Waals surface area contributed by atoms with Crippen molar-refractivity contribution >= 4 is 12.4 Å². The molecule has 4 nitrogen and oxygen atoms in total. The van der Waals surface area contributed by atoms with E-state index >= 15 is 0 Å². The lowest BCUT2D eigenvalue weighted by Gasteiger charge is -2.14. The molecule has 3 aliphatic rings. The standard InChI is InChI=1S/C11H14N4.ClH/c1-2-5-15-10(8-3-4-8)12-6-9-11(15)14-7-13-9;/h6-8H,2-5H2,1H3;1H. The van der Waals surface area contributed by atoms with Crippen molar-refractivity contribution in [1.82, 2.24) is 19.5 Å². The van der Waals surface area contributed by atoms with Crippen molar-refractivity contribution in [2.45, 2.75) is 38.6 Å². The SMILES string of the molecule is CCCn1c2ncnc-2cnc1C1CC1.Cl. The highest BCUT2D eigenvalue weighted by Crippen LogP contribution is 2.40. The van der Waals surface area contributed by atoms with Gasteiger partial charge in [0.05, 0.1) is 6.20 Å². The summed E-state index contributed by atoms with van der Waals surface area (Å²) in [6.07, 6.45) is 7.13. The summed E-state index contributed by atoms with van der Waals surface area (Å²) < 4.78 is 2.24. The molecule has 0 bridgehead atoms. The second-order valence-corrected chi connectivity index (χ2v) is 4.12. The van der Waals surface area contributed by atoms with E-state index in [-0.39, 0.29) is 12.4 Å².